The summed E-state index contributed by atoms with van der Waals surface area (Å²) in [5, 5.41) is 7.39. The summed E-state index contributed by atoms with van der Waals surface area (Å²) in [5.74, 6) is -0.671. The van der Waals surface area contributed by atoms with E-state index in [1.165, 1.54) is 0 Å². The fraction of sp³-hybridized carbons (Fsp3) is 0.435. The lowest BCUT2D eigenvalue weighted by Gasteiger charge is -2.41. The summed E-state index contributed by atoms with van der Waals surface area (Å²) in [7, 11) is 0. The number of amides is 2. The highest BCUT2D eigenvalue weighted by atomic mass is 16.5. The number of carbonyl (C=O) groups is 2. The van der Waals surface area contributed by atoms with Gasteiger partial charge in [0.1, 0.15) is 17.1 Å². The van der Waals surface area contributed by atoms with Crippen molar-refractivity contribution >= 4 is 11.8 Å². The molecule has 4 atom stereocenters. The molecule has 0 saturated heterocycles. The average molecular weight is 439 g/mol. The van der Waals surface area contributed by atoms with Crippen molar-refractivity contribution in [2.24, 2.45) is 23.1 Å². The number of primary amides is 1. The number of nitrogens with zero attached hydrogens (tertiary/aromatic N) is 2. The van der Waals surface area contributed by atoms with Gasteiger partial charge in [0.05, 0.1) is 18.3 Å². The van der Waals surface area contributed by atoms with Crippen LogP contribution in [0.25, 0.3) is 0 Å². The van der Waals surface area contributed by atoms with Crippen LogP contribution in [0.5, 0.6) is 5.75 Å². The zero-order chi connectivity index (χ0) is 23.2. The van der Waals surface area contributed by atoms with Crippen LogP contribution in [-0.4, -0.2) is 33.9 Å². The van der Waals surface area contributed by atoms with E-state index in [0.29, 0.717) is 42.1 Å². The normalized spacial score (nSPS) is 26.1. The minimum Gasteiger partial charge on any atom is -0.493 e. The number of ether oxygens (including phenoxy) is 1. The second kappa shape index (κ2) is 8.07. The zero-order valence-corrected chi connectivity index (χ0v) is 18.6. The SMILES string of the molecule is CC=CCC1COc2cc(C(N)=O)cc3c2C1[C@@](N)(NC(=O)c1cc(C)nn1CC)C3N. The molecule has 9 nitrogen and oxygen atoms in total. The van der Waals surface area contributed by atoms with Crippen molar-refractivity contribution in [2.45, 2.75) is 51.4 Å². The second-order valence-corrected chi connectivity index (χ2v) is 8.55. The van der Waals surface area contributed by atoms with Crippen molar-refractivity contribution < 1.29 is 14.3 Å². The van der Waals surface area contributed by atoms with E-state index in [1.54, 1.807) is 22.9 Å². The van der Waals surface area contributed by atoms with Gasteiger partial charge in [-0.15, -0.1) is 0 Å². The highest BCUT2D eigenvalue weighted by molar-refractivity contribution is 5.95. The number of aryl methyl sites for hydroxylation is 2. The highest BCUT2D eigenvalue weighted by Crippen LogP contribution is 2.55. The van der Waals surface area contributed by atoms with E-state index in [4.69, 9.17) is 21.9 Å². The van der Waals surface area contributed by atoms with Gasteiger partial charge < -0.3 is 27.3 Å². The molecule has 2 amide bonds. The fourth-order valence-electron chi connectivity index (χ4n) is 5.01. The highest BCUT2D eigenvalue weighted by Gasteiger charge is 2.56. The number of aromatic nitrogens is 2. The van der Waals surface area contributed by atoms with Crippen LogP contribution in [0.4, 0.5) is 0 Å². The topological polar surface area (TPSA) is 151 Å². The van der Waals surface area contributed by atoms with Crippen LogP contribution in [0.15, 0.2) is 30.4 Å². The van der Waals surface area contributed by atoms with Crippen LogP contribution >= 0.6 is 0 Å². The van der Waals surface area contributed by atoms with Gasteiger partial charge in [0.2, 0.25) is 5.91 Å². The number of hydrogen-bond acceptors (Lipinski definition) is 6. The summed E-state index contributed by atoms with van der Waals surface area (Å²) >= 11 is 0. The largest absolute Gasteiger partial charge is 0.493 e. The molecule has 1 aliphatic carbocycles. The van der Waals surface area contributed by atoms with Crippen LogP contribution in [0.3, 0.4) is 0 Å². The van der Waals surface area contributed by atoms with Crippen LogP contribution in [0.2, 0.25) is 0 Å². The number of allylic oxidation sites excluding steroid dienone is 2. The van der Waals surface area contributed by atoms with Crippen molar-refractivity contribution in [3.63, 3.8) is 0 Å². The smallest absolute Gasteiger partial charge is 0.271 e. The molecule has 1 aliphatic heterocycles. The minimum absolute atomic E-state index is 0.00597. The van der Waals surface area contributed by atoms with Crippen LogP contribution in [0, 0.1) is 12.8 Å². The monoisotopic (exact) mass is 438 g/mol. The molecule has 1 aromatic heterocycles. The molecule has 4 rings (SSSR count). The van der Waals surface area contributed by atoms with Gasteiger partial charge in [-0.3, -0.25) is 14.3 Å². The van der Waals surface area contributed by atoms with Crippen LogP contribution in [0.1, 0.15) is 69.9 Å². The Labute approximate surface area is 187 Å². The second-order valence-electron chi connectivity index (χ2n) is 8.55. The molecule has 0 saturated carbocycles. The van der Waals surface area contributed by atoms with Gasteiger partial charge in [-0.2, -0.15) is 5.10 Å². The molecule has 0 fully saturated rings. The lowest BCUT2D eigenvalue weighted by atomic mass is 9.77. The van der Waals surface area contributed by atoms with Gasteiger partial charge in [0.25, 0.3) is 5.91 Å². The third-order valence-corrected chi connectivity index (χ3v) is 6.50. The maximum Gasteiger partial charge on any atom is 0.271 e. The van der Waals surface area contributed by atoms with E-state index in [2.05, 4.69) is 16.5 Å². The third kappa shape index (κ3) is 3.37. The molecular formula is C23H30N6O3. The lowest BCUT2D eigenvalue weighted by Crippen LogP contribution is -2.64. The van der Waals surface area contributed by atoms with E-state index < -0.39 is 17.6 Å². The zero-order valence-electron chi connectivity index (χ0n) is 18.6. The molecule has 2 aliphatic rings. The third-order valence-electron chi connectivity index (χ3n) is 6.50. The first-order chi connectivity index (χ1) is 15.2. The molecule has 0 radical (unpaired) electrons. The van der Waals surface area contributed by atoms with Crippen molar-refractivity contribution in [3.8, 4) is 5.75 Å². The number of rotatable bonds is 6. The quantitative estimate of drug-likeness (QED) is 0.396. The fourth-order valence-corrected chi connectivity index (χ4v) is 5.01. The van der Waals surface area contributed by atoms with Gasteiger partial charge in [0, 0.05) is 29.5 Å². The molecule has 2 heterocycles. The van der Waals surface area contributed by atoms with Gasteiger partial charge >= 0.3 is 0 Å². The average Bonchev–Trinajstić information content (AvgIpc) is 3.25. The Balaban J connectivity index is 1.80. The summed E-state index contributed by atoms with van der Waals surface area (Å²) in [6, 6.07) is 4.28. The summed E-state index contributed by atoms with van der Waals surface area (Å²) in [6.45, 7) is 6.64. The molecule has 2 aromatic rings. The van der Waals surface area contributed by atoms with Crippen LogP contribution < -0.4 is 27.3 Å². The Hall–Kier alpha value is -3.17. The molecular weight excluding hydrogens is 408 g/mol. The predicted octanol–water partition coefficient (Wildman–Crippen LogP) is 1.47. The standard InChI is InChI=1S/C23H30N6O3/c1-4-6-7-13-11-32-17-10-14(21(25)30)9-15-18(17)19(13)23(26,20(15)24)27-22(31)16-8-12(3)28-29(16)5-2/h4,6,8-10,13,19-20H,5,7,11,24,26H2,1-3H3,(H2,25,30)(H,27,31)/t13?,19?,20?,23-/m1/s1. The molecule has 1 aromatic carbocycles. The summed E-state index contributed by atoms with van der Waals surface area (Å²) in [6.07, 6.45) is 4.74. The van der Waals surface area contributed by atoms with Crippen molar-refractivity contribution in [1.82, 2.24) is 15.1 Å². The molecule has 7 N–H and O–H groups in total. The van der Waals surface area contributed by atoms with Gasteiger partial charge in [-0.25, -0.2) is 0 Å². The Morgan fingerprint density at radius 3 is 2.78 bits per heavy atom. The van der Waals surface area contributed by atoms with Crippen molar-refractivity contribution in [3.05, 3.63) is 58.4 Å². The molecule has 9 heteroatoms. The van der Waals surface area contributed by atoms with E-state index >= 15 is 0 Å². The maximum atomic E-state index is 13.3. The number of nitrogens with two attached hydrogens (primary N) is 3. The van der Waals surface area contributed by atoms with E-state index in [0.717, 1.165) is 11.3 Å². The first-order valence-corrected chi connectivity index (χ1v) is 10.8. The molecule has 0 spiro atoms. The Bertz CT molecular complexity index is 1110. The minimum atomic E-state index is -1.28. The number of hydrogen-bond donors (Lipinski definition) is 4. The van der Waals surface area contributed by atoms with Gasteiger partial charge in [-0.1, -0.05) is 12.2 Å². The molecule has 170 valence electrons. The number of benzene rings is 1. The first-order valence-electron chi connectivity index (χ1n) is 10.8. The molecule has 0 bridgehead atoms. The molecule has 32 heavy (non-hydrogen) atoms. The van der Waals surface area contributed by atoms with E-state index in [-0.39, 0.29) is 17.7 Å². The summed E-state index contributed by atoms with van der Waals surface area (Å²) in [5.41, 5.74) is 20.8. The number of carbonyl (C=O) groups excluding carboxylic acids is 2. The van der Waals surface area contributed by atoms with Crippen LogP contribution in [-0.2, 0) is 6.54 Å². The number of nitrogens with one attached hydrogen (secondary N) is 1. The van der Waals surface area contributed by atoms with Crippen molar-refractivity contribution in [2.75, 3.05) is 6.61 Å². The Kier molecular flexibility index (Phi) is 5.56. The van der Waals surface area contributed by atoms with E-state index in [1.807, 2.05) is 26.8 Å². The first kappa shape index (κ1) is 22.0. The molecule has 3 unspecified atom stereocenters. The lowest BCUT2D eigenvalue weighted by molar-refractivity contribution is 0.0793. The Morgan fingerprint density at radius 2 is 2.12 bits per heavy atom. The maximum absolute atomic E-state index is 13.3. The summed E-state index contributed by atoms with van der Waals surface area (Å²) in [4.78, 5) is 25.2. The predicted molar refractivity (Wildman–Crippen MR) is 120 cm³/mol. The summed E-state index contributed by atoms with van der Waals surface area (Å²) < 4.78 is 7.65. The van der Waals surface area contributed by atoms with Gasteiger partial charge in [-0.05, 0) is 51.0 Å². The van der Waals surface area contributed by atoms with Crippen molar-refractivity contribution in [1.29, 1.82) is 0 Å². The Morgan fingerprint density at radius 1 is 1.38 bits per heavy atom. The van der Waals surface area contributed by atoms with Gasteiger partial charge in [0.15, 0.2) is 0 Å². The van der Waals surface area contributed by atoms with E-state index in [9.17, 15) is 9.59 Å².